The summed E-state index contributed by atoms with van der Waals surface area (Å²) in [6.07, 6.45) is 1.94. The largest absolute Gasteiger partial charge is 0.379 e. The molecule has 0 radical (unpaired) electrons. The van der Waals surface area contributed by atoms with E-state index in [2.05, 4.69) is 48.1 Å². The topological polar surface area (TPSA) is 53.2 Å². The number of hydrogen-bond acceptors (Lipinski definition) is 4. The second-order valence-electron chi connectivity index (χ2n) is 6.65. The van der Waals surface area contributed by atoms with E-state index in [-0.39, 0.29) is 5.41 Å². The zero-order chi connectivity index (χ0) is 14.6. The zero-order valence-corrected chi connectivity index (χ0v) is 13.2. The minimum absolute atomic E-state index is 0.114. The van der Waals surface area contributed by atoms with E-state index in [9.17, 15) is 0 Å². The number of nitrogens with zero attached hydrogens (tertiary/aromatic N) is 2. The Morgan fingerprint density at radius 2 is 2.10 bits per heavy atom. The third-order valence-corrected chi connectivity index (χ3v) is 3.89. The first-order valence-electron chi connectivity index (χ1n) is 7.53. The molecular formula is C15H28N4O. The Kier molecular flexibility index (Phi) is 5.18. The van der Waals surface area contributed by atoms with Crippen LogP contribution in [0.15, 0.2) is 6.20 Å². The van der Waals surface area contributed by atoms with Crippen molar-refractivity contribution in [2.24, 2.45) is 0 Å². The lowest BCUT2D eigenvalue weighted by molar-refractivity contribution is 0.0203. The second-order valence-corrected chi connectivity index (χ2v) is 6.65. The van der Waals surface area contributed by atoms with Gasteiger partial charge in [-0.25, -0.2) is 0 Å². The fraction of sp³-hybridized carbons (Fsp3) is 0.800. The molecule has 5 heteroatoms. The van der Waals surface area contributed by atoms with Crippen LogP contribution in [0.25, 0.3) is 0 Å². The molecule has 20 heavy (non-hydrogen) atoms. The number of aromatic nitrogens is 2. The highest BCUT2D eigenvalue weighted by molar-refractivity contribution is 5.23. The fourth-order valence-electron chi connectivity index (χ4n) is 2.66. The molecule has 1 aromatic heterocycles. The Morgan fingerprint density at radius 3 is 2.75 bits per heavy atom. The first-order valence-corrected chi connectivity index (χ1v) is 7.53. The van der Waals surface area contributed by atoms with E-state index in [1.165, 1.54) is 11.3 Å². The summed E-state index contributed by atoms with van der Waals surface area (Å²) in [4.78, 5) is 2.48. The molecule has 0 spiro atoms. The molecule has 0 aromatic carbocycles. The lowest BCUT2D eigenvalue weighted by atomic mass is 9.89. The minimum atomic E-state index is 0.114. The van der Waals surface area contributed by atoms with Crippen LogP contribution in [-0.4, -0.2) is 54.0 Å². The van der Waals surface area contributed by atoms with Gasteiger partial charge in [0.1, 0.15) is 0 Å². The van der Waals surface area contributed by atoms with Crippen LogP contribution in [0.2, 0.25) is 0 Å². The van der Waals surface area contributed by atoms with Crippen LogP contribution in [0.3, 0.4) is 0 Å². The molecule has 2 N–H and O–H groups in total. The molecule has 1 atom stereocenters. The second kappa shape index (κ2) is 6.70. The Hall–Kier alpha value is -0.910. The normalized spacial score (nSPS) is 19.2. The first kappa shape index (κ1) is 15.5. The molecule has 0 bridgehead atoms. The fourth-order valence-corrected chi connectivity index (χ4v) is 2.66. The number of hydrogen-bond donors (Lipinski definition) is 2. The molecule has 1 unspecified atom stereocenters. The summed E-state index contributed by atoms with van der Waals surface area (Å²) < 4.78 is 5.39. The van der Waals surface area contributed by atoms with E-state index >= 15 is 0 Å². The van der Waals surface area contributed by atoms with Crippen LogP contribution < -0.4 is 5.32 Å². The van der Waals surface area contributed by atoms with Crippen molar-refractivity contribution in [3.63, 3.8) is 0 Å². The van der Waals surface area contributed by atoms with Crippen LogP contribution in [-0.2, 0) is 16.7 Å². The maximum Gasteiger partial charge on any atom is 0.0594 e. The summed E-state index contributed by atoms with van der Waals surface area (Å²) in [5.74, 6) is 0. The Labute approximate surface area is 122 Å². The molecule has 0 amide bonds. The van der Waals surface area contributed by atoms with Crippen molar-refractivity contribution in [3.05, 3.63) is 17.5 Å². The van der Waals surface area contributed by atoms with Gasteiger partial charge in [-0.1, -0.05) is 20.8 Å². The molecule has 2 heterocycles. The van der Waals surface area contributed by atoms with Crippen LogP contribution in [0, 0.1) is 0 Å². The van der Waals surface area contributed by atoms with E-state index < -0.39 is 0 Å². The number of morpholine rings is 1. The van der Waals surface area contributed by atoms with Crippen molar-refractivity contribution in [3.8, 4) is 0 Å². The molecule has 0 saturated carbocycles. The lowest BCUT2D eigenvalue weighted by Gasteiger charge is -2.32. The van der Waals surface area contributed by atoms with Gasteiger partial charge in [0.25, 0.3) is 0 Å². The molecule has 114 valence electrons. The predicted octanol–water partition coefficient (Wildman–Crippen LogP) is 1.52. The highest BCUT2D eigenvalue weighted by Gasteiger charge is 2.20. The van der Waals surface area contributed by atoms with Gasteiger partial charge >= 0.3 is 0 Å². The summed E-state index contributed by atoms with van der Waals surface area (Å²) >= 11 is 0. The van der Waals surface area contributed by atoms with Gasteiger partial charge in [-0.3, -0.25) is 10.00 Å². The van der Waals surface area contributed by atoms with E-state index in [1.54, 1.807) is 0 Å². The maximum atomic E-state index is 5.39. The van der Waals surface area contributed by atoms with Gasteiger partial charge in [0.2, 0.25) is 0 Å². The number of ether oxygens (including phenoxy) is 1. The molecule has 1 aromatic rings. The molecular weight excluding hydrogens is 252 g/mol. The van der Waals surface area contributed by atoms with Gasteiger partial charge in [-0.2, -0.15) is 5.10 Å². The summed E-state index contributed by atoms with van der Waals surface area (Å²) in [5.41, 5.74) is 2.61. The van der Waals surface area contributed by atoms with E-state index in [0.717, 1.165) is 39.4 Å². The number of H-pyrrole nitrogens is 1. The van der Waals surface area contributed by atoms with Crippen LogP contribution in [0.5, 0.6) is 0 Å². The van der Waals surface area contributed by atoms with Crippen LogP contribution in [0.1, 0.15) is 39.0 Å². The molecule has 1 aliphatic heterocycles. The van der Waals surface area contributed by atoms with Gasteiger partial charge in [-0.15, -0.1) is 0 Å². The summed E-state index contributed by atoms with van der Waals surface area (Å²) in [7, 11) is 0. The number of nitrogens with one attached hydrogen (secondary N) is 2. The minimum Gasteiger partial charge on any atom is -0.379 e. The quantitative estimate of drug-likeness (QED) is 0.858. The van der Waals surface area contributed by atoms with Gasteiger partial charge in [-0.05, 0) is 6.92 Å². The Morgan fingerprint density at radius 1 is 1.40 bits per heavy atom. The smallest absolute Gasteiger partial charge is 0.0594 e. The van der Waals surface area contributed by atoms with Gasteiger partial charge in [0.05, 0.1) is 19.4 Å². The average Bonchev–Trinajstić information content (AvgIpc) is 2.88. The van der Waals surface area contributed by atoms with Crippen molar-refractivity contribution in [1.29, 1.82) is 0 Å². The predicted molar refractivity (Wildman–Crippen MR) is 80.8 cm³/mol. The average molecular weight is 280 g/mol. The molecule has 1 fully saturated rings. The van der Waals surface area contributed by atoms with Crippen molar-refractivity contribution in [2.75, 3.05) is 32.8 Å². The SMILES string of the molecule is CC(CNCc1cn[nH]c1C(C)(C)C)N1CCOCC1. The highest BCUT2D eigenvalue weighted by Crippen LogP contribution is 2.23. The van der Waals surface area contributed by atoms with Crippen LogP contribution >= 0.6 is 0 Å². The monoisotopic (exact) mass is 280 g/mol. The van der Waals surface area contributed by atoms with E-state index in [1.807, 2.05) is 6.20 Å². The summed E-state index contributed by atoms with van der Waals surface area (Å²) in [5, 5.41) is 10.9. The van der Waals surface area contributed by atoms with E-state index in [0.29, 0.717) is 6.04 Å². The standard InChI is InChI=1S/C15H28N4O/c1-12(19-5-7-20-8-6-19)9-16-10-13-11-17-18-14(13)15(2,3)4/h11-12,16H,5-10H2,1-4H3,(H,17,18). The summed E-state index contributed by atoms with van der Waals surface area (Å²) in [6, 6.07) is 0.545. The maximum absolute atomic E-state index is 5.39. The van der Waals surface area contributed by atoms with Crippen molar-refractivity contribution in [2.45, 2.75) is 45.7 Å². The molecule has 2 rings (SSSR count). The molecule has 1 aliphatic rings. The molecule has 1 saturated heterocycles. The Bertz CT molecular complexity index is 404. The Balaban J connectivity index is 1.79. The van der Waals surface area contributed by atoms with Crippen molar-refractivity contribution >= 4 is 0 Å². The van der Waals surface area contributed by atoms with E-state index in [4.69, 9.17) is 4.74 Å². The van der Waals surface area contributed by atoms with Gasteiger partial charge < -0.3 is 10.1 Å². The number of rotatable bonds is 5. The highest BCUT2D eigenvalue weighted by atomic mass is 16.5. The molecule has 0 aliphatic carbocycles. The summed E-state index contributed by atoms with van der Waals surface area (Å²) in [6.45, 7) is 14.6. The zero-order valence-electron chi connectivity index (χ0n) is 13.2. The molecule has 5 nitrogen and oxygen atoms in total. The third-order valence-electron chi connectivity index (χ3n) is 3.89. The van der Waals surface area contributed by atoms with Crippen molar-refractivity contribution in [1.82, 2.24) is 20.4 Å². The van der Waals surface area contributed by atoms with Gasteiger partial charge in [0.15, 0.2) is 0 Å². The third kappa shape index (κ3) is 4.04. The first-order chi connectivity index (χ1) is 9.48. The lowest BCUT2D eigenvalue weighted by Crippen LogP contribution is -2.46. The van der Waals surface area contributed by atoms with Gasteiger partial charge in [0, 0.05) is 48.9 Å². The van der Waals surface area contributed by atoms with Crippen LogP contribution in [0.4, 0.5) is 0 Å². The number of aromatic amines is 1. The van der Waals surface area contributed by atoms with Crippen molar-refractivity contribution < 1.29 is 4.74 Å².